The molecule has 1 aromatic heterocycles. The summed E-state index contributed by atoms with van der Waals surface area (Å²) in [6, 6.07) is 5.60. The fraction of sp³-hybridized carbons (Fsp3) is 0.167. The number of hydrogen-bond donors (Lipinski definition) is 2. The summed E-state index contributed by atoms with van der Waals surface area (Å²) in [5, 5.41) is 11.8. The van der Waals surface area contributed by atoms with E-state index >= 15 is 0 Å². The van der Waals surface area contributed by atoms with Crippen LogP contribution >= 0.6 is 0 Å². The van der Waals surface area contributed by atoms with Gasteiger partial charge in [0.1, 0.15) is 0 Å². The molecule has 1 heterocycles. The van der Waals surface area contributed by atoms with E-state index in [1.54, 1.807) is 13.1 Å². The van der Waals surface area contributed by atoms with Crippen LogP contribution in [0.5, 0.6) is 0 Å². The number of benzene rings is 1. The molecule has 1 aromatic carbocycles. The summed E-state index contributed by atoms with van der Waals surface area (Å²) in [5.41, 5.74) is 3.18. The quantitative estimate of drug-likeness (QED) is 0.796. The second-order valence-corrected chi connectivity index (χ2v) is 5.60. The number of fused-ring (bicyclic) bond motifs is 1. The minimum absolute atomic E-state index is 0.0570. The lowest BCUT2D eigenvalue weighted by atomic mass is 9.87. The topological polar surface area (TPSA) is 109 Å². The number of carboxylic acids is 1. The van der Waals surface area contributed by atoms with Crippen LogP contribution in [0.2, 0.25) is 0 Å². The first kappa shape index (κ1) is 16.5. The molecule has 0 bridgehead atoms. The highest BCUT2D eigenvalue weighted by atomic mass is 16.4. The number of anilines is 1. The number of carbonyl (C=O) groups excluding carboxylic acids is 2. The Kier molecular flexibility index (Phi) is 4.38. The second-order valence-electron chi connectivity index (χ2n) is 5.60. The molecule has 2 N–H and O–H groups in total. The maximum atomic E-state index is 12.5. The highest BCUT2D eigenvalue weighted by molar-refractivity contribution is 6.25. The molecule has 0 saturated heterocycles. The standard InChI is InChI=1S/C18H15N3O4/c1-19-14-4-2-3-11-6-13(16(23)7-12(11)14)15(22)5-10-8-20-17(18(24)25)21-9-10/h2-4,6,8-9,19H,5,7H2,1H3,(H,24,25). The molecule has 0 saturated carbocycles. The van der Waals surface area contributed by atoms with E-state index in [2.05, 4.69) is 15.3 Å². The van der Waals surface area contributed by atoms with Gasteiger partial charge in [0.15, 0.2) is 11.6 Å². The third-order valence-corrected chi connectivity index (χ3v) is 3.98. The van der Waals surface area contributed by atoms with Gasteiger partial charge in [-0.05, 0) is 28.8 Å². The minimum atomic E-state index is -1.24. The van der Waals surface area contributed by atoms with E-state index in [1.165, 1.54) is 12.4 Å². The van der Waals surface area contributed by atoms with E-state index in [0.29, 0.717) is 5.56 Å². The lowest BCUT2D eigenvalue weighted by molar-refractivity contribution is -0.120. The average molecular weight is 337 g/mol. The Labute approximate surface area is 143 Å². The summed E-state index contributed by atoms with van der Waals surface area (Å²) in [7, 11) is 1.78. The number of hydrogen-bond acceptors (Lipinski definition) is 6. The van der Waals surface area contributed by atoms with Gasteiger partial charge in [0, 0.05) is 38.0 Å². The van der Waals surface area contributed by atoms with E-state index < -0.39 is 5.97 Å². The van der Waals surface area contributed by atoms with E-state index in [0.717, 1.165) is 16.8 Å². The fourth-order valence-electron chi connectivity index (χ4n) is 2.74. The van der Waals surface area contributed by atoms with Crippen LogP contribution in [-0.4, -0.2) is 39.7 Å². The van der Waals surface area contributed by atoms with Crippen molar-refractivity contribution in [2.75, 3.05) is 12.4 Å². The molecule has 7 nitrogen and oxygen atoms in total. The number of aromatic carboxylic acids is 1. The van der Waals surface area contributed by atoms with Crippen molar-refractivity contribution in [3.8, 4) is 0 Å². The Bertz CT molecular complexity index is 901. The fourth-order valence-corrected chi connectivity index (χ4v) is 2.74. The maximum Gasteiger partial charge on any atom is 0.373 e. The van der Waals surface area contributed by atoms with Crippen molar-refractivity contribution in [2.45, 2.75) is 12.8 Å². The summed E-state index contributed by atoms with van der Waals surface area (Å²) < 4.78 is 0. The number of ketones is 2. The summed E-state index contributed by atoms with van der Waals surface area (Å²) in [4.78, 5) is 43.0. The molecule has 0 spiro atoms. The molecule has 0 radical (unpaired) electrons. The van der Waals surface area contributed by atoms with Gasteiger partial charge in [-0.2, -0.15) is 0 Å². The van der Waals surface area contributed by atoms with Crippen molar-refractivity contribution in [3.63, 3.8) is 0 Å². The summed E-state index contributed by atoms with van der Waals surface area (Å²) in [6.07, 6.45) is 4.29. The van der Waals surface area contributed by atoms with Crippen LogP contribution < -0.4 is 5.32 Å². The molecule has 2 aromatic rings. The van der Waals surface area contributed by atoms with Crippen molar-refractivity contribution < 1.29 is 19.5 Å². The van der Waals surface area contributed by atoms with Gasteiger partial charge in [0.25, 0.3) is 0 Å². The van der Waals surface area contributed by atoms with Crippen molar-refractivity contribution >= 4 is 29.3 Å². The Morgan fingerprint density at radius 3 is 2.60 bits per heavy atom. The van der Waals surface area contributed by atoms with E-state index in [-0.39, 0.29) is 35.8 Å². The Morgan fingerprint density at radius 2 is 1.96 bits per heavy atom. The number of aromatic nitrogens is 2. The van der Waals surface area contributed by atoms with E-state index in [4.69, 9.17) is 5.11 Å². The van der Waals surface area contributed by atoms with Crippen molar-refractivity contribution in [2.24, 2.45) is 0 Å². The third kappa shape index (κ3) is 3.30. The number of carboxylic acid groups (broad SMARTS) is 1. The zero-order valence-electron chi connectivity index (χ0n) is 13.4. The first-order valence-electron chi connectivity index (χ1n) is 7.61. The van der Waals surface area contributed by atoms with Crippen molar-refractivity contribution in [1.82, 2.24) is 9.97 Å². The van der Waals surface area contributed by atoms with Gasteiger partial charge in [-0.25, -0.2) is 14.8 Å². The minimum Gasteiger partial charge on any atom is -0.475 e. The Balaban J connectivity index is 1.85. The van der Waals surface area contributed by atoms with Crippen LogP contribution in [0.4, 0.5) is 5.69 Å². The summed E-state index contributed by atoms with van der Waals surface area (Å²) >= 11 is 0. The van der Waals surface area contributed by atoms with Gasteiger partial charge in [-0.1, -0.05) is 12.1 Å². The van der Waals surface area contributed by atoms with Gasteiger partial charge >= 0.3 is 5.97 Å². The maximum absolute atomic E-state index is 12.5. The molecule has 0 unspecified atom stereocenters. The summed E-state index contributed by atoms with van der Waals surface area (Å²) in [5.74, 6) is -2.14. The number of Topliss-reactive ketones (excluding diaryl/α,β-unsaturated/α-hetero) is 2. The largest absolute Gasteiger partial charge is 0.475 e. The zero-order chi connectivity index (χ0) is 18.0. The molecule has 1 aliphatic carbocycles. The number of nitrogens with zero attached hydrogens (tertiary/aromatic N) is 2. The van der Waals surface area contributed by atoms with Crippen LogP contribution in [0.3, 0.4) is 0 Å². The molecule has 0 atom stereocenters. The number of nitrogens with one attached hydrogen (secondary N) is 1. The van der Waals surface area contributed by atoms with Gasteiger partial charge in [-0.3, -0.25) is 9.59 Å². The molecule has 0 fully saturated rings. The van der Waals surface area contributed by atoms with Crippen molar-refractivity contribution in [1.29, 1.82) is 0 Å². The lowest BCUT2D eigenvalue weighted by Crippen LogP contribution is -2.21. The van der Waals surface area contributed by atoms with Gasteiger partial charge in [-0.15, -0.1) is 0 Å². The van der Waals surface area contributed by atoms with Gasteiger partial charge < -0.3 is 10.4 Å². The number of rotatable bonds is 5. The van der Waals surface area contributed by atoms with Crippen LogP contribution in [0.25, 0.3) is 6.08 Å². The first-order valence-corrected chi connectivity index (χ1v) is 7.61. The highest BCUT2D eigenvalue weighted by Crippen LogP contribution is 2.28. The molecule has 3 rings (SSSR count). The van der Waals surface area contributed by atoms with E-state index in [1.807, 2.05) is 18.2 Å². The first-order chi connectivity index (χ1) is 12.0. The normalized spacial score (nSPS) is 13.0. The number of carbonyl (C=O) groups is 3. The third-order valence-electron chi connectivity index (χ3n) is 3.98. The molecular weight excluding hydrogens is 322 g/mol. The molecule has 0 aliphatic heterocycles. The van der Waals surface area contributed by atoms with Crippen LogP contribution in [0, 0.1) is 0 Å². The van der Waals surface area contributed by atoms with E-state index in [9.17, 15) is 14.4 Å². The zero-order valence-corrected chi connectivity index (χ0v) is 13.4. The lowest BCUT2D eigenvalue weighted by Gasteiger charge is -2.18. The predicted molar refractivity (Wildman–Crippen MR) is 90.4 cm³/mol. The van der Waals surface area contributed by atoms with Crippen LogP contribution in [0.1, 0.15) is 27.3 Å². The summed E-state index contributed by atoms with van der Waals surface area (Å²) in [6.45, 7) is 0. The van der Waals surface area contributed by atoms with Gasteiger partial charge in [0.2, 0.25) is 5.82 Å². The molecular formula is C18H15N3O4. The average Bonchev–Trinajstić information content (AvgIpc) is 2.61. The molecule has 0 amide bonds. The Morgan fingerprint density at radius 1 is 1.24 bits per heavy atom. The second kappa shape index (κ2) is 6.64. The van der Waals surface area contributed by atoms with Crippen LogP contribution in [-0.2, 0) is 22.4 Å². The molecule has 7 heteroatoms. The number of allylic oxidation sites excluding steroid dienone is 1. The predicted octanol–water partition coefficient (Wildman–Crippen LogP) is 1.54. The molecule has 1 aliphatic rings. The van der Waals surface area contributed by atoms with Gasteiger partial charge in [0.05, 0.1) is 5.57 Å². The Hall–Kier alpha value is -3.35. The molecule has 126 valence electrons. The monoisotopic (exact) mass is 337 g/mol. The smallest absolute Gasteiger partial charge is 0.373 e. The van der Waals surface area contributed by atoms with Crippen LogP contribution in [0.15, 0.2) is 36.2 Å². The van der Waals surface area contributed by atoms with Crippen molar-refractivity contribution in [3.05, 3.63) is 58.7 Å². The molecule has 25 heavy (non-hydrogen) atoms. The highest BCUT2D eigenvalue weighted by Gasteiger charge is 2.25. The SMILES string of the molecule is CNc1cccc2c1CC(=O)C(C(=O)Cc1cnc(C(=O)O)nc1)=C2.